The molecule has 0 saturated carbocycles. The molecular weight excluding hydrogens is 324 g/mol. The van der Waals surface area contributed by atoms with Crippen molar-refractivity contribution in [3.05, 3.63) is 35.9 Å². The van der Waals surface area contributed by atoms with Crippen molar-refractivity contribution < 1.29 is 14.2 Å². The van der Waals surface area contributed by atoms with Crippen molar-refractivity contribution in [2.75, 3.05) is 44.5 Å². The fourth-order valence-corrected chi connectivity index (χ4v) is 3.56. The maximum atomic E-state index is 5.38. The van der Waals surface area contributed by atoms with Crippen LogP contribution in [-0.4, -0.2) is 34.9 Å². The number of hydrogen-bond acceptors (Lipinski definition) is 6. The summed E-state index contributed by atoms with van der Waals surface area (Å²) >= 11 is 1.57. The maximum Gasteiger partial charge on any atom is 0.203 e. The highest BCUT2D eigenvalue weighted by Crippen LogP contribution is 2.41. The van der Waals surface area contributed by atoms with Crippen LogP contribution in [0.4, 0.5) is 11.4 Å². The molecule has 0 amide bonds. The van der Waals surface area contributed by atoms with Crippen molar-refractivity contribution in [1.82, 2.24) is 0 Å². The summed E-state index contributed by atoms with van der Waals surface area (Å²) in [7, 11) is 6.97. The van der Waals surface area contributed by atoms with E-state index in [2.05, 4.69) is 34.9 Å². The molecule has 3 rings (SSSR count). The van der Waals surface area contributed by atoms with E-state index in [0.29, 0.717) is 17.2 Å². The molecule has 1 heterocycles. The van der Waals surface area contributed by atoms with Gasteiger partial charge in [0.2, 0.25) is 5.75 Å². The molecule has 2 aromatic rings. The molecule has 2 aromatic carbocycles. The Kier molecular flexibility index (Phi) is 4.94. The summed E-state index contributed by atoms with van der Waals surface area (Å²) in [6.45, 7) is 1.09. The van der Waals surface area contributed by atoms with E-state index in [1.165, 1.54) is 16.1 Å². The van der Waals surface area contributed by atoms with E-state index in [4.69, 9.17) is 14.2 Å². The minimum absolute atomic E-state index is 0.594. The second kappa shape index (κ2) is 7.13. The van der Waals surface area contributed by atoms with Gasteiger partial charge >= 0.3 is 0 Å². The lowest BCUT2D eigenvalue weighted by Gasteiger charge is -2.15. The van der Waals surface area contributed by atoms with Gasteiger partial charge in [-0.05, 0) is 42.1 Å². The molecular formula is C18H22N2O3S. The zero-order chi connectivity index (χ0) is 17.1. The number of methoxy groups -OCH3 is 3. The van der Waals surface area contributed by atoms with Crippen LogP contribution in [-0.2, 0) is 6.42 Å². The monoisotopic (exact) mass is 346 g/mol. The number of fused-ring (bicyclic) bond motifs is 1. The predicted octanol–water partition coefficient (Wildman–Crippen LogP) is 3.82. The normalized spacial score (nSPS) is 12.8. The summed E-state index contributed by atoms with van der Waals surface area (Å²) in [6, 6.07) is 10.4. The number of benzene rings is 2. The van der Waals surface area contributed by atoms with Gasteiger partial charge in [-0.15, -0.1) is 0 Å². The number of nitrogens with one attached hydrogen (secondary N) is 1. The quantitative estimate of drug-likeness (QED) is 0.802. The first-order valence-electron chi connectivity index (χ1n) is 7.73. The van der Waals surface area contributed by atoms with Gasteiger partial charge in [-0.1, -0.05) is 0 Å². The Morgan fingerprint density at radius 3 is 2.33 bits per heavy atom. The third kappa shape index (κ3) is 3.19. The topological polar surface area (TPSA) is 43.0 Å². The summed E-state index contributed by atoms with van der Waals surface area (Å²) in [4.78, 5) is 3.47. The molecule has 1 aliphatic rings. The Labute approximate surface area is 147 Å². The van der Waals surface area contributed by atoms with E-state index < -0.39 is 0 Å². The third-order valence-corrected chi connectivity index (χ3v) is 4.96. The SMILES string of the molecule is COc1cc(NSc2ccc3c(c2)CCN3C)cc(OC)c1OC. The average molecular weight is 346 g/mol. The summed E-state index contributed by atoms with van der Waals surface area (Å²) in [5.74, 6) is 1.86. The summed E-state index contributed by atoms with van der Waals surface area (Å²) in [5, 5.41) is 0. The Hall–Kier alpha value is -2.21. The fourth-order valence-electron chi connectivity index (χ4n) is 2.86. The highest BCUT2D eigenvalue weighted by Gasteiger charge is 2.16. The Bertz CT molecular complexity index is 711. The van der Waals surface area contributed by atoms with Gasteiger partial charge in [0.15, 0.2) is 11.5 Å². The van der Waals surface area contributed by atoms with Gasteiger partial charge in [0.1, 0.15) is 0 Å². The van der Waals surface area contributed by atoms with Gasteiger partial charge < -0.3 is 23.8 Å². The molecule has 0 atom stereocenters. The molecule has 0 fully saturated rings. The van der Waals surface area contributed by atoms with Crippen molar-refractivity contribution in [2.45, 2.75) is 11.3 Å². The lowest BCUT2D eigenvalue weighted by Crippen LogP contribution is -2.12. The van der Waals surface area contributed by atoms with Crippen LogP contribution in [0.1, 0.15) is 5.56 Å². The van der Waals surface area contributed by atoms with Crippen molar-refractivity contribution in [1.29, 1.82) is 0 Å². The smallest absolute Gasteiger partial charge is 0.203 e. The molecule has 1 N–H and O–H groups in total. The largest absolute Gasteiger partial charge is 0.493 e. The number of anilines is 2. The zero-order valence-corrected chi connectivity index (χ0v) is 15.2. The van der Waals surface area contributed by atoms with Crippen LogP contribution >= 0.6 is 11.9 Å². The summed E-state index contributed by atoms with van der Waals surface area (Å²) < 4.78 is 19.5. The molecule has 0 bridgehead atoms. The zero-order valence-electron chi connectivity index (χ0n) is 14.4. The fraction of sp³-hybridized carbons (Fsp3) is 0.333. The van der Waals surface area contributed by atoms with Gasteiger partial charge in [0.05, 0.1) is 27.0 Å². The standard InChI is InChI=1S/C18H22N2O3S/c1-20-8-7-12-9-14(5-6-15(12)20)24-19-13-10-16(21-2)18(23-4)17(11-13)22-3/h5-6,9-11,19H,7-8H2,1-4H3. The van der Waals surface area contributed by atoms with Crippen LogP contribution < -0.4 is 23.8 Å². The van der Waals surface area contributed by atoms with Crippen molar-refractivity contribution >= 4 is 23.3 Å². The molecule has 0 aromatic heterocycles. The number of hydrogen-bond donors (Lipinski definition) is 1. The second-order valence-electron chi connectivity index (χ2n) is 5.58. The third-order valence-electron chi connectivity index (χ3n) is 4.13. The van der Waals surface area contributed by atoms with Gasteiger partial charge in [0, 0.05) is 36.3 Å². The van der Waals surface area contributed by atoms with Crippen LogP contribution in [0.15, 0.2) is 35.2 Å². The van der Waals surface area contributed by atoms with Gasteiger partial charge in [-0.25, -0.2) is 0 Å². The van der Waals surface area contributed by atoms with Crippen LogP contribution in [0.3, 0.4) is 0 Å². The maximum absolute atomic E-state index is 5.38. The average Bonchev–Trinajstić information content (AvgIpc) is 2.99. The lowest BCUT2D eigenvalue weighted by molar-refractivity contribution is 0.325. The van der Waals surface area contributed by atoms with E-state index >= 15 is 0 Å². The lowest BCUT2D eigenvalue weighted by atomic mass is 10.2. The second-order valence-corrected chi connectivity index (χ2v) is 6.46. The van der Waals surface area contributed by atoms with Crippen LogP contribution in [0, 0.1) is 0 Å². The van der Waals surface area contributed by atoms with Gasteiger partial charge in [-0.3, -0.25) is 0 Å². The van der Waals surface area contributed by atoms with E-state index in [9.17, 15) is 0 Å². The highest BCUT2D eigenvalue weighted by atomic mass is 32.2. The van der Waals surface area contributed by atoms with Crippen LogP contribution in [0.25, 0.3) is 0 Å². The minimum Gasteiger partial charge on any atom is -0.493 e. The van der Waals surface area contributed by atoms with E-state index in [0.717, 1.165) is 18.7 Å². The molecule has 1 aliphatic heterocycles. The Morgan fingerprint density at radius 1 is 1.00 bits per heavy atom. The van der Waals surface area contributed by atoms with E-state index in [-0.39, 0.29) is 0 Å². The number of ether oxygens (including phenoxy) is 3. The van der Waals surface area contributed by atoms with Crippen molar-refractivity contribution in [3.63, 3.8) is 0 Å². The molecule has 0 radical (unpaired) electrons. The molecule has 6 heteroatoms. The number of rotatable bonds is 6. The molecule has 0 spiro atoms. The molecule has 128 valence electrons. The molecule has 5 nitrogen and oxygen atoms in total. The van der Waals surface area contributed by atoms with Gasteiger partial charge in [-0.2, -0.15) is 0 Å². The predicted molar refractivity (Wildman–Crippen MR) is 99.0 cm³/mol. The summed E-state index contributed by atoms with van der Waals surface area (Å²) in [6.07, 6.45) is 1.10. The molecule has 0 saturated heterocycles. The molecule has 24 heavy (non-hydrogen) atoms. The van der Waals surface area contributed by atoms with Crippen molar-refractivity contribution in [3.8, 4) is 17.2 Å². The van der Waals surface area contributed by atoms with E-state index in [1.807, 2.05) is 12.1 Å². The molecule has 0 aliphatic carbocycles. The van der Waals surface area contributed by atoms with E-state index in [1.54, 1.807) is 33.3 Å². The first-order valence-corrected chi connectivity index (χ1v) is 8.55. The minimum atomic E-state index is 0.594. The molecule has 0 unspecified atom stereocenters. The number of likely N-dealkylation sites (N-methyl/N-ethyl adjacent to an activating group) is 1. The Balaban J connectivity index is 1.77. The summed E-state index contributed by atoms with van der Waals surface area (Å²) in [5.41, 5.74) is 3.62. The van der Waals surface area contributed by atoms with Gasteiger partial charge in [0.25, 0.3) is 0 Å². The Morgan fingerprint density at radius 2 is 1.71 bits per heavy atom. The first-order chi connectivity index (χ1) is 11.7. The van der Waals surface area contributed by atoms with Crippen LogP contribution in [0.5, 0.6) is 17.2 Å². The van der Waals surface area contributed by atoms with Crippen LogP contribution in [0.2, 0.25) is 0 Å². The van der Waals surface area contributed by atoms with Crippen molar-refractivity contribution in [2.24, 2.45) is 0 Å². The number of nitrogens with zero attached hydrogens (tertiary/aromatic N) is 1. The first kappa shape index (κ1) is 16.6. The highest BCUT2D eigenvalue weighted by molar-refractivity contribution is 8.00.